The van der Waals surface area contributed by atoms with Crippen LogP contribution in [0.5, 0.6) is 0 Å². The Bertz CT molecular complexity index is 202. The maximum atomic E-state index is 11.5. The lowest BCUT2D eigenvalue weighted by Crippen LogP contribution is -2.30. The van der Waals surface area contributed by atoms with Crippen molar-refractivity contribution in [2.75, 3.05) is 6.54 Å². The van der Waals surface area contributed by atoms with Crippen LogP contribution in [0.3, 0.4) is 0 Å². The topological polar surface area (TPSA) is 66.4 Å². The van der Waals surface area contributed by atoms with Crippen molar-refractivity contribution in [3.63, 3.8) is 0 Å². The number of alkyl halides is 3. The average molecular weight is 199 g/mol. The highest BCUT2D eigenvalue weighted by Crippen LogP contribution is 2.18. The van der Waals surface area contributed by atoms with Crippen molar-refractivity contribution in [3.8, 4) is 0 Å². The summed E-state index contributed by atoms with van der Waals surface area (Å²) in [6.45, 7) is -0.287. The first-order valence-corrected chi connectivity index (χ1v) is 3.36. The van der Waals surface area contributed by atoms with E-state index in [1.807, 2.05) is 5.32 Å². The highest BCUT2D eigenvalue weighted by molar-refractivity contribution is 5.77. The smallest absolute Gasteiger partial charge is 0.397 e. The molecule has 0 fully saturated rings. The van der Waals surface area contributed by atoms with Crippen LogP contribution in [0.15, 0.2) is 0 Å². The van der Waals surface area contributed by atoms with Crippen LogP contribution < -0.4 is 5.32 Å². The number of amides is 1. The lowest BCUT2D eigenvalue weighted by atomic mass is 10.3. The van der Waals surface area contributed by atoms with E-state index >= 15 is 0 Å². The van der Waals surface area contributed by atoms with Crippen molar-refractivity contribution in [1.82, 2.24) is 5.32 Å². The molecule has 4 nitrogen and oxygen atoms in total. The van der Waals surface area contributed by atoms with Crippen molar-refractivity contribution in [3.05, 3.63) is 0 Å². The summed E-state index contributed by atoms with van der Waals surface area (Å²) in [7, 11) is 0. The Morgan fingerprint density at radius 1 is 1.31 bits per heavy atom. The Labute approximate surface area is 71.7 Å². The molecule has 0 spiro atoms. The SMILES string of the molecule is O=C(O)CCNC(=O)CC(F)(F)F. The monoisotopic (exact) mass is 199 g/mol. The predicted molar refractivity (Wildman–Crippen MR) is 35.9 cm³/mol. The molecule has 7 heteroatoms. The van der Waals surface area contributed by atoms with Gasteiger partial charge >= 0.3 is 12.1 Å². The summed E-state index contributed by atoms with van der Waals surface area (Å²) in [5, 5.41) is 9.92. The highest BCUT2D eigenvalue weighted by Gasteiger charge is 2.30. The standard InChI is InChI=1S/C6H8F3NO3/c7-6(8,9)3-4(11)10-2-1-5(12)13/h1-3H2,(H,10,11)(H,12,13). The maximum Gasteiger partial charge on any atom is 0.397 e. The van der Waals surface area contributed by atoms with Crippen molar-refractivity contribution in [2.24, 2.45) is 0 Å². The van der Waals surface area contributed by atoms with Gasteiger partial charge in [-0.15, -0.1) is 0 Å². The van der Waals surface area contributed by atoms with Crippen molar-refractivity contribution in [1.29, 1.82) is 0 Å². The van der Waals surface area contributed by atoms with E-state index < -0.39 is 24.5 Å². The number of nitrogens with one attached hydrogen (secondary N) is 1. The zero-order chi connectivity index (χ0) is 10.5. The quantitative estimate of drug-likeness (QED) is 0.694. The van der Waals surface area contributed by atoms with Gasteiger partial charge in [0.25, 0.3) is 0 Å². The molecule has 13 heavy (non-hydrogen) atoms. The molecular weight excluding hydrogens is 191 g/mol. The zero-order valence-electron chi connectivity index (χ0n) is 6.52. The number of aliphatic carboxylic acids is 1. The molecule has 0 aromatic heterocycles. The Kier molecular flexibility index (Phi) is 4.22. The summed E-state index contributed by atoms with van der Waals surface area (Å²) in [5.74, 6) is -2.39. The van der Waals surface area contributed by atoms with Crippen LogP contribution >= 0.6 is 0 Å². The molecule has 0 saturated heterocycles. The van der Waals surface area contributed by atoms with Crippen LogP contribution in [0.4, 0.5) is 13.2 Å². The third-order valence-corrected chi connectivity index (χ3v) is 1.02. The number of hydrogen-bond acceptors (Lipinski definition) is 2. The third-order valence-electron chi connectivity index (χ3n) is 1.02. The van der Waals surface area contributed by atoms with Crippen LogP contribution in [0, 0.1) is 0 Å². The Morgan fingerprint density at radius 2 is 1.85 bits per heavy atom. The van der Waals surface area contributed by atoms with E-state index in [4.69, 9.17) is 5.11 Å². The van der Waals surface area contributed by atoms with E-state index in [0.29, 0.717) is 0 Å². The summed E-state index contributed by atoms with van der Waals surface area (Å²) < 4.78 is 34.5. The third kappa shape index (κ3) is 8.64. The lowest BCUT2D eigenvalue weighted by Gasteiger charge is -2.05. The van der Waals surface area contributed by atoms with Gasteiger partial charge in [-0.3, -0.25) is 9.59 Å². The fourth-order valence-corrected chi connectivity index (χ4v) is 0.553. The molecule has 76 valence electrons. The van der Waals surface area contributed by atoms with E-state index in [0.717, 1.165) is 0 Å². The van der Waals surface area contributed by atoms with Crippen LogP contribution in [-0.2, 0) is 9.59 Å². The first kappa shape index (κ1) is 11.7. The van der Waals surface area contributed by atoms with Crippen LogP contribution in [0.1, 0.15) is 12.8 Å². The first-order chi connectivity index (χ1) is 5.81. The second-order valence-corrected chi connectivity index (χ2v) is 2.29. The molecule has 0 radical (unpaired) electrons. The minimum absolute atomic E-state index is 0.287. The van der Waals surface area contributed by atoms with Crippen LogP contribution in [0.25, 0.3) is 0 Å². The molecule has 0 atom stereocenters. The second kappa shape index (κ2) is 4.68. The van der Waals surface area contributed by atoms with E-state index in [1.165, 1.54) is 0 Å². The first-order valence-electron chi connectivity index (χ1n) is 3.36. The molecule has 0 bridgehead atoms. The Balaban J connectivity index is 3.59. The highest BCUT2D eigenvalue weighted by atomic mass is 19.4. The fourth-order valence-electron chi connectivity index (χ4n) is 0.553. The van der Waals surface area contributed by atoms with Crippen molar-refractivity contribution >= 4 is 11.9 Å². The number of carbonyl (C=O) groups is 2. The van der Waals surface area contributed by atoms with Crippen molar-refractivity contribution in [2.45, 2.75) is 19.0 Å². The number of carbonyl (C=O) groups excluding carboxylic acids is 1. The van der Waals surface area contributed by atoms with E-state index in [-0.39, 0.29) is 13.0 Å². The Hall–Kier alpha value is -1.27. The lowest BCUT2D eigenvalue weighted by molar-refractivity contribution is -0.153. The molecule has 0 aliphatic rings. The summed E-state index contributed by atoms with van der Waals surface area (Å²) in [4.78, 5) is 20.3. The van der Waals surface area contributed by atoms with Gasteiger partial charge in [0.1, 0.15) is 6.42 Å². The maximum absolute atomic E-state index is 11.5. The normalized spacial score (nSPS) is 11.0. The predicted octanol–water partition coefficient (Wildman–Crippen LogP) is 0.530. The van der Waals surface area contributed by atoms with Gasteiger partial charge in [-0.2, -0.15) is 13.2 Å². The van der Waals surface area contributed by atoms with Crippen LogP contribution in [0.2, 0.25) is 0 Å². The fraction of sp³-hybridized carbons (Fsp3) is 0.667. The van der Waals surface area contributed by atoms with Crippen molar-refractivity contribution < 1.29 is 27.9 Å². The summed E-state index contributed by atoms with van der Waals surface area (Å²) >= 11 is 0. The van der Waals surface area contributed by atoms with Gasteiger partial charge < -0.3 is 10.4 Å². The average Bonchev–Trinajstić information content (AvgIpc) is 1.81. The van der Waals surface area contributed by atoms with Gasteiger partial charge in [-0.05, 0) is 0 Å². The van der Waals surface area contributed by atoms with Gasteiger partial charge in [0.05, 0.1) is 6.42 Å². The number of hydrogen-bond donors (Lipinski definition) is 2. The number of carboxylic acid groups (broad SMARTS) is 1. The molecule has 0 heterocycles. The summed E-state index contributed by atoms with van der Waals surface area (Å²) in [6, 6.07) is 0. The molecule has 0 aliphatic heterocycles. The number of halogens is 3. The second-order valence-electron chi connectivity index (χ2n) is 2.29. The number of carboxylic acids is 1. The summed E-state index contributed by atoms with van der Waals surface area (Å²) in [6.07, 6.45) is -6.51. The minimum atomic E-state index is -4.55. The largest absolute Gasteiger partial charge is 0.481 e. The van der Waals surface area contributed by atoms with Gasteiger partial charge in [0.2, 0.25) is 5.91 Å². The Morgan fingerprint density at radius 3 is 2.23 bits per heavy atom. The molecule has 0 unspecified atom stereocenters. The van der Waals surface area contributed by atoms with E-state index in [2.05, 4.69) is 0 Å². The molecule has 0 saturated carbocycles. The molecular formula is C6H8F3NO3. The molecule has 0 aliphatic carbocycles. The molecule has 2 N–H and O–H groups in total. The zero-order valence-corrected chi connectivity index (χ0v) is 6.52. The summed E-state index contributed by atoms with van der Waals surface area (Å²) in [5.41, 5.74) is 0. The minimum Gasteiger partial charge on any atom is -0.481 e. The molecule has 1 amide bonds. The van der Waals surface area contributed by atoms with Gasteiger partial charge in [0.15, 0.2) is 0 Å². The van der Waals surface area contributed by atoms with E-state index in [1.54, 1.807) is 0 Å². The number of rotatable bonds is 4. The molecule has 0 rings (SSSR count). The molecule has 0 aromatic carbocycles. The van der Waals surface area contributed by atoms with E-state index in [9.17, 15) is 22.8 Å². The van der Waals surface area contributed by atoms with Crippen LogP contribution in [-0.4, -0.2) is 29.7 Å². The van der Waals surface area contributed by atoms with Gasteiger partial charge in [-0.25, -0.2) is 0 Å². The van der Waals surface area contributed by atoms with Gasteiger partial charge in [-0.1, -0.05) is 0 Å². The van der Waals surface area contributed by atoms with Gasteiger partial charge in [0, 0.05) is 6.54 Å². The molecule has 0 aromatic rings.